The number of urea groups is 1. The van der Waals surface area contributed by atoms with Gasteiger partial charge in [0.15, 0.2) is 0 Å². The molecular formula is C19H20N4O. The minimum absolute atomic E-state index is 0.0905. The zero-order chi connectivity index (χ0) is 16.9. The summed E-state index contributed by atoms with van der Waals surface area (Å²) in [5.74, 6) is 0. The van der Waals surface area contributed by atoms with Gasteiger partial charge < -0.3 is 15.2 Å². The van der Waals surface area contributed by atoms with Gasteiger partial charge in [0, 0.05) is 23.8 Å². The molecule has 3 aromatic rings. The molecule has 0 aliphatic heterocycles. The molecule has 0 radical (unpaired) electrons. The van der Waals surface area contributed by atoms with Crippen molar-refractivity contribution in [1.29, 1.82) is 0 Å². The van der Waals surface area contributed by atoms with Crippen LogP contribution < -0.4 is 10.6 Å². The number of nitrogens with one attached hydrogen (secondary N) is 2. The predicted octanol–water partition coefficient (Wildman–Crippen LogP) is 4.06. The second-order valence-corrected chi connectivity index (χ2v) is 5.75. The molecule has 0 saturated heterocycles. The molecule has 2 aromatic carbocycles. The van der Waals surface area contributed by atoms with Gasteiger partial charge in [-0.05, 0) is 43.7 Å². The number of anilines is 1. The summed E-state index contributed by atoms with van der Waals surface area (Å²) < 4.78 is 1.94. The molecule has 122 valence electrons. The number of hydrogen-bond donors (Lipinski definition) is 2. The molecule has 0 saturated carbocycles. The highest BCUT2D eigenvalue weighted by Gasteiger charge is 2.09. The van der Waals surface area contributed by atoms with Crippen LogP contribution in [0.2, 0.25) is 0 Å². The number of carbonyl (C=O) groups excluding carboxylic acids is 1. The van der Waals surface area contributed by atoms with Crippen LogP contribution in [0.15, 0.2) is 67.3 Å². The van der Waals surface area contributed by atoms with Crippen LogP contribution in [0.4, 0.5) is 10.5 Å². The summed E-state index contributed by atoms with van der Waals surface area (Å²) >= 11 is 0. The van der Waals surface area contributed by atoms with E-state index in [1.165, 1.54) is 0 Å². The lowest BCUT2D eigenvalue weighted by Gasteiger charge is -2.16. The molecule has 2 amide bonds. The number of carbonyl (C=O) groups is 1. The van der Waals surface area contributed by atoms with E-state index in [-0.39, 0.29) is 12.1 Å². The number of imidazole rings is 1. The number of rotatable bonds is 4. The number of hydrogen-bond acceptors (Lipinski definition) is 2. The van der Waals surface area contributed by atoms with E-state index in [0.717, 1.165) is 22.5 Å². The average Bonchev–Trinajstić information content (AvgIpc) is 3.11. The molecule has 1 heterocycles. The van der Waals surface area contributed by atoms with Gasteiger partial charge in [0.25, 0.3) is 0 Å². The summed E-state index contributed by atoms with van der Waals surface area (Å²) in [6.07, 6.45) is 5.39. The van der Waals surface area contributed by atoms with Gasteiger partial charge in [0.2, 0.25) is 0 Å². The lowest BCUT2D eigenvalue weighted by Crippen LogP contribution is -2.31. The monoisotopic (exact) mass is 320 g/mol. The highest BCUT2D eigenvalue weighted by molar-refractivity contribution is 5.89. The van der Waals surface area contributed by atoms with E-state index >= 15 is 0 Å². The summed E-state index contributed by atoms with van der Waals surface area (Å²) in [6.45, 7) is 3.97. The Bertz CT molecular complexity index is 792. The van der Waals surface area contributed by atoms with E-state index in [1.807, 2.05) is 73.1 Å². The lowest BCUT2D eigenvalue weighted by molar-refractivity contribution is 0.249. The number of aromatic nitrogens is 2. The van der Waals surface area contributed by atoms with E-state index in [1.54, 1.807) is 12.5 Å². The third kappa shape index (κ3) is 3.81. The van der Waals surface area contributed by atoms with E-state index in [9.17, 15) is 4.79 Å². The first-order valence-corrected chi connectivity index (χ1v) is 7.84. The molecule has 1 aromatic heterocycles. The molecule has 3 rings (SSSR count). The standard InChI is InChI=1S/C19H20N4O/c1-14-3-7-17(8-4-14)22-19(24)21-15(2)16-5-9-18(10-6-16)23-12-11-20-13-23/h3-13,15H,1-2H3,(H2,21,22,24)/t15-/m0/s1. The average molecular weight is 320 g/mol. The van der Waals surface area contributed by atoms with Gasteiger partial charge >= 0.3 is 6.03 Å². The van der Waals surface area contributed by atoms with Crippen LogP contribution in [0.1, 0.15) is 24.1 Å². The fourth-order valence-corrected chi connectivity index (χ4v) is 2.43. The first kappa shape index (κ1) is 15.8. The van der Waals surface area contributed by atoms with E-state index in [0.29, 0.717) is 0 Å². The Morgan fingerprint density at radius 2 is 1.79 bits per heavy atom. The zero-order valence-corrected chi connectivity index (χ0v) is 13.7. The van der Waals surface area contributed by atoms with Crippen LogP contribution in [0.5, 0.6) is 0 Å². The maximum atomic E-state index is 12.1. The number of aryl methyl sites for hydroxylation is 1. The van der Waals surface area contributed by atoms with Gasteiger partial charge in [0.1, 0.15) is 0 Å². The van der Waals surface area contributed by atoms with Crippen LogP contribution in [-0.4, -0.2) is 15.6 Å². The highest BCUT2D eigenvalue weighted by atomic mass is 16.2. The Labute approximate surface area is 141 Å². The smallest absolute Gasteiger partial charge is 0.319 e. The molecule has 0 unspecified atom stereocenters. The first-order valence-electron chi connectivity index (χ1n) is 7.84. The number of amides is 2. The fourth-order valence-electron chi connectivity index (χ4n) is 2.43. The Balaban J connectivity index is 1.60. The van der Waals surface area contributed by atoms with Crippen LogP contribution in [-0.2, 0) is 0 Å². The van der Waals surface area contributed by atoms with Crippen LogP contribution in [0, 0.1) is 6.92 Å². The summed E-state index contributed by atoms with van der Waals surface area (Å²) in [5.41, 5.74) is 4.01. The third-order valence-corrected chi connectivity index (χ3v) is 3.85. The van der Waals surface area contributed by atoms with Gasteiger partial charge in [-0.15, -0.1) is 0 Å². The zero-order valence-electron chi connectivity index (χ0n) is 13.7. The highest BCUT2D eigenvalue weighted by Crippen LogP contribution is 2.16. The van der Waals surface area contributed by atoms with E-state index in [2.05, 4.69) is 15.6 Å². The molecule has 1 atom stereocenters. The topological polar surface area (TPSA) is 59.0 Å². The van der Waals surface area contributed by atoms with Gasteiger partial charge in [-0.1, -0.05) is 29.8 Å². The molecule has 0 fully saturated rings. The van der Waals surface area contributed by atoms with Crippen molar-refractivity contribution in [1.82, 2.24) is 14.9 Å². The Hall–Kier alpha value is -3.08. The quantitative estimate of drug-likeness (QED) is 0.761. The lowest BCUT2D eigenvalue weighted by atomic mass is 10.1. The number of nitrogens with zero attached hydrogens (tertiary/aromatic N) is 2. The fraction of sp³-hybridized carbons (Fsp3) is 0.158. The van der Waals surface area contributed by atoms with Crippen molar-refractivity contribution < 1.29 is 4.79 Å². The minimum Gasteiger partial charge on any atom is -0.331 e. The summed E-state index contributed by atoms with van der Waals surface area (Å²) in [4.78, 5) is 16.1. The third-order valence-electron chi connectivity index (χ3n) is 3.85. The van der Waals surface area contributed by atoms with E-state index < -0.39 is 0 Å². The molecule has 5 nitrogen and oxygen atoms in total. The van der Waals surface area contributed by atoms with Crippen molar-refractivity contribution in [2.45, 2.75) is 19.9 Å². The van der Waals surface area contributed by atoms with Crippen molar-refractivity contribution >= 4 is 11.7 Å². The van der Waals surface area contributed by atoms with E-state index in [4.69, 9.17) is 0 Å². The molecule has 5 heteroatoms. The molecule has 0 bridgehead atoms. The minimum atomic E-state index is -0.218. The van der Waals surface area contributed by atoms with Crippen LogP contribution in [0.3, 0.4) is 0 Å². The summed E-state index contributed by atoms with van der Waals surface area (Å²) in [6, 6.07) is 15.4. The van der Waals surface area contributed by atoms with Crippen LogP contribution in [0.25, 0.3) is 5.69 Å². The maximum absolute atomic E-state index is 12.1. The molecular weight excluding hydrogens is 300 g/mol. The van der Waals surface area contributed by atoms with Crippen molar-refractivity contribution in [2.24, 2.45) is 0 Å². The molecule has 24 heavy (non-hydrogen) atoms. The van der Waals surface area contributed by atoms with Crippen molar-refractivity contribution in [3.8, 4) is 5.69 Å². The molecule has 0 spiro atoms. The normalized spacial score (nSPS) is 11.8. The summed E-state index contributed by atoms with van der Waals surface area (Å²) in [7, 11) is 0. The van der Waals surface area contributed by atoms with Gasteiger partial charge in [-0.25, -0.2) is 9.78 Å². The second-order valence-electron chi connectivity index (χ2n) is 5.75. The molecule has 2 N–H and O–H groups in total. The van der Waals surface area contributed by atoms with Crippen molar-refractivity contribution in [2.75, 3.05) is 5.32 Å². The largest absolute Gasteiger partial charge is 0.331 e. The maximum Gasteiger partial charge on any atom is 0.319 e. The Kier molecular flexibility index (Phi) is 4.61. The van der Waals surface area contributed by atoms with Crippen LogP contribution >= 0.6 is 0 Å². The predicted molar refractivity (Wildman–Crippen MR) is 95.3 cm³/mol. The summed E-state index contributed by atoms with van der Waals surface area (Å²) in [5, 5.41) is 5.79. The second kappa shape index (κ2) is 7.00. The molecule has 0 aliphatic carbocycles. The van der Waals surface area contributed by atoms with Gasteiger partial charge in [0.05, 0.1) is 12.4 Å². The number of benzene rings is 2. The van der Waals surface area contributed by atoms with Gasteiger partial charge in [-0.3, -0.25) is 0 Å². The first-order chi connectivity index (χ1) is 11.6. The van der Waals surface area contributed by atoms with Crippen molar-refractivity contribution in [3.05, 3.63) is 78.4 Å². The SMILES string of the molecule is Cc1ccc(NC(=O)N[C@@H](C)c2ccc(-n3ccnc3)cc2)cc1. The van der Waals surface area contributed by atoms with Gasteiger partial charge in [-0.2, -0.15) is 0 Å². The Morgan fingerprint density at radius 1 is 1.08 bits per heavy atom. The molecule has 0 aliphatic rings. The Morgan fingerprint density at radius 3 is 2.42 bits per heavy atom. The van der Waals surface area contributed by atoms with Crippen molar-refractivity contribution in [3.63, 3.8) is 0 Å².